The van der Waals surface area contributed by atoms with E-state index >= 15 is 0 Å². The first-order valence-electron chi connectivity index (χ1n) is 16.4. The maximum absolute atomic E-state index is 6.65. The van der Waals surface area contributed by atoms with Gasteiger partial charge in [-0.25, -0.2) is 0 Å². The van der Waals surface area contributed by atoms with Crippen molar-refractivity contribution in [3.05, 3.63) is 176 Å². The molecule has 0 saturated heterocycles. The Labute approximate surface area is 277 Å². The van der Waals surface area contributed by atoms with Crippen LogP contribution in [0.25, 0.3) is 76.2 Å². The van der Waals surface area contributed by atoms with Crippen molar-refractivity contribution in [3.63, 3.8) is 0 Å². The summed E-state index contributed by atoms with van der Waals surface area (Å²) in [4.78, 5) is 2.39. The Hall–Kier alpha value is -6.38. The summed E-state index contributed by atoms with van der Waals surface area (Å²) in [6.07, 6.45) is 0. The molecule has 0 unspecified atom stereocenters. The molecular weight excluding hydrogens is 583 g/mol. The summed E-state index contributed by atoms with van der Waals surface area (Å²) in [7, 11) is 0. The van der Waals surface area contributed by atoms with Crippen LogP contribution in [-0.4, -0.2) is 0 Å². The standard InChI is InChI=1S/C46H29NO/c1-4-13-37-30(9-1)12-7-16-38(37)33-21-25-35(26-22-33)47(36-27-23-34-20-19-31-10-2-5-14-39(31)42(34)29-36)43-17-8-18-44-45(43)41-28-24-32-11-3-6-15-40(32)46(41)48-44/h1-29H. The molecule has 224 valence electrons. The fraction of sp³-hybridized carbons (Fsp3) is 0. The first-order chi connectivity index (χ1) is 23.8. The second-order valence-corrected chi connectivity index (χ2v) is 12.5. The van der Waals surface area contributed by atoms with Crippen LogP contribution < -0.4 is 4.90 Å². The lowest BCUT2D eigenvalue weighted by Gasteiger charge is -2.27. The molecule has 0 radical (unpaired) electrons. The van der Waals surface area contributed by atoms with Crippen molar-refractivity contribution in [1.82, 2.24) is 0 Å². The summed E-state index contributed by atoms with van der Waals surface area (Å²) in [5, 5.41) is 12.0. The van der Waals surface area contributed by atoms with Gasteiger partial charge < -0.3 is 9.32 Å². The summed E-state index contributed by atoms with van der Waals surface area (Å²) in [5.41, 5.74) is 7.49. The zero-order valence-electron chi connectivity index (χ0n) is 26.1. The van der Waals surface area contributed by atoms with Gasteiger partial charge in [-0.1, -0.05) is 133 Å². The number of anilines is 3. The lowest BCUT2D eigenvalue weighted by molar-refractivity contribution is 0.672. The van der Waals surface area contributed by atoms with Crippen LogP contribution in [0.3, 0.4) is 0 Å². The SMILES string of the molecule is c1ccc2c(-c3ccc(N(c4ccc5ccc6ccccc6c5c4)c4cccc5oc6c7ccccc7ccc6c45)cc3)cccc2c1. The van der Waals surface area contributed by atoms with Crippen LogP contribution in [0, 0.1) is 0 Å². The Morgan fingerprint density at radius 3 is 1.77 bits per heavy atom. The molecule has 1 aromatic heterocycles. The van der Waals surface area contributed by atoms with Crippen LogP contribution in [0.2, 0.25) is 0 Å². The lowest BCUT2D eigenvalue weighted by atomic mass is 9.97. The predicted molar refractivity (Wildman–Crippen MR) is 204 cm³/mol. The number of benzene rings is 9. The number of rotatable bonds is 4. The summed E-state index contributed by atoms with van der Waals surface area (Å²) in [6, 6.07) is 63.3. The van der Waals surface area contributed by atoms with E-state index in [9.17, 15) is 0 Å². The van der Waals surface area contributed by atoms with Gasteiger partial charge in [-0.05, 0) is 91.3 Å². The molecule has 0 fully saturated rings. The third kappa shape index (κ3) is 4.13. The molecule has 10 aromatic rings. The van der Waals surface area contributed by atoms with Crippen molar-refractivity contribution in [2.45, 2.75) is 0 Å². The summed E-state index contributed by atoms with van der Waals surface area (Å²) < 4.78 is 6.65. The van der Waals surface area contributed by atoms with Gasteiger partial charge in [0, 0.05) is 22.1 Å². The van der Waals surface area contributed by atoms with Crippen molar-refractivity contribution < 1.29 is 4.42 Å². The number of hydrogen-bond acceptors (Lipinski definition) is 2. The summed E-state index contributed by atoms with van der Waals surface area (Å²) in [5.74, 6) is 0. The molecule has 2 nitrogen and oxygen atoms in total. The van der Waals surface area contributed by atoms with Gasteiger partial charge in [-0.3, -0.25) is 0 Å². The Kier molecular flexibility index (Phi) is 5.91. The quantitative estimate of drug-likeness (QED) is 0.184. The van der Waals surface area contributed by atoms with Crippen LogP contribution >= 0.6 is 0 Å². The third-order valence-electron chi connectivity index (χ3n) is 9.82. The molecule has 0 atom stereocenters. The molecule has 9 aromatic carbocycles. The molecule has 0 aliphatic rings. The number of fused-ring (bicyclic) bond motifs is 9. The van der Waals surface area contributed by atoms with Crippen molar-refractivity contribution in [2.24, 2.45) is 0 Å². The van der Waals surface area contributed by atoms with E-state index in [1.807, 2.05) is 0 Å². The maximum atomic E-state index is 6.65. The van der Waals surface area contributed by atoms with Crippen LogP contribution in [0.4, 0.5) is 17.1 Å². The zero-order valence-corrected chi connectivity index (χ0v) is 26.1. The topological polar surface area (TPSA) is 16.4 Å². The molecule has 0 amide bonds. The smallest absolute Gasteiger partial charge is 0.143 e. The van der Waals surface area contributed by atoms with Crippen molar-refractivity contribution in [1.29, 1.82) is 0 Å². The lowest BCUT2D eigenvalue weighted by Crippen LogP contribution is -2.10. The van der Waals surface area contributed by atoms with Crippen LogP contribution in [-0.2, 0) is 0 Å². The highest BCUT2D eigenvalue weighted by Gasteiger charge is 2.21. The largest absolute Gasteiger partial charge is 0.455 e. The molecule has 0 saturated carbocycles. The van der Waals surface area contributed by atoms with Gasteiger partial charge in [0.1, 0.15) is 11.2 Å². The van der Waals surface area contributed by atoms with E-state index in [0.29, 0.717) is 0 Å². The first kappa shape index (κ1) is 26.8. The second kappa shape index (κ2) is 10.6. The fourth-order valence-corrected chi connectivity index (χ4v) is 7.54. The molecule has 0 N–H and O–H groups in total. The predicted octanol–water partition coefficient (Wildman–Crippen LogP) is 13.3. The highest BCUT2D eigenvalue weighted by molar-refractivity contribution is 6.20. The number of furan rings is 1. The van der Waals surface area contributed by atoms with Crippen molar-refractivity contribution in [3.8, 4) is 11.1 Å². The minimum atomic E-state index is 0.877. The zero-order chi connectivity index (χ0) is 31.6. The minimum absolute atomic E-state index is 0.877. The molecular formula is C46H29NO. The van der Waals surface area contributed by atoms with Gasteiger partial charge in [0.15, 0.2) is 0 Å². The van der Waals surface area contributed by atoms with E-state index in [2.05, 4.69) is 181 Å². The van der Waals surface area contributed by atoms with Gasteiger partial charge in [-0.2, -0.15) is 0 Å². The van der Waals surface area contributed by atoms with Gasteiger partial charge in [-0.15, -0.1) is 0 Å². The van der Waals surface area contributed by atoms with Crippen molar-refractivity contribution >= 4 is 82.1 Å². The van der Waals surface area contributed by atoms with E-state index in [0.717, 1.165) is 44.4 Å². The minimum Gasteiger partial charge on any atom is -0.455 e. The van der Waals surface area contributed by atoms with Crippen LogP contribution in [0.1, 0.15) is 0 Å². The average molecular weight is 612 g/mol. The van der Waals surface area contributed by atoms with E-state index in [1.165, 1.54) is 48.8 Å². The average Bonchev–Trinajstić information content (AvgIpc) is 3.55. The summed E-state index contributed by atoms with van der Waals surface area (Å²) >= 11 is 0. The molecule has 0 aliphatic carbocycles. The third-order valence-corrected chi connectivity index (χ3v) is 9.82. The van der Waals surface area contributed by atoms with E-state index in [1.54, 1.807) is 0 Å². The van der Waals surface area contributed by atoms with E-state index < -0.39 is 0 Å². The Balaban J connectivity index is 1.23. The Morgan fingerprint density at radius 1 is 0.375 bits per heavy atom. The van der Waals surface area contributed by atoms with Gasteiger partial charge in [0.25, 0.3) is 0 Å². The van der Waals surface area contributed by atoms with Gasteiger partial charge >= 0.3 is 0 Å². The van der Waals surface area contributed by atoms with Gasteiger partial charge in [0.05, 0.1) is 11.1 Å². The molecule has 1 heterocycles. The Bertz CT molecular complexity index is 2840. The molecule has 0 bridgehead atoms. The summed E-state index contributed by atoms with van der Waals surface area (Å²) in [6.45, 7) is 0. The van der Waals surface area contributed by atoms with Crippen LogP contribution in [0.15, 0.2) is 180 Å². The normalized spacial score (nSPS) is 11.8. The second-order valence-electron chi connectivity index (χ2n) is 12.5. The molecule has 48 heavy (non-hydrogen) atoms. The molecule has 10 rings (SSSR count). The maximum Gasteiger partial charge on any atom is 0.143 e. The molecule has 0 spiro atoms. The van der Waals surface area contributed by atoms with Crippen molar-refractivity contribution in [2.75, 3.05) is 4.90 Å². The Morgan fingerprint density at radius 2 is 0.958 bits per heavy atom. The molecule has 0 aliphatic heterocycles. The van der Waals surface area contributed by atoms with Crippen LogP contribution in [0.5, 0.6) is 0 Å². The molecule has 2 heteroatoms. The van der Waals surface area contributed by atoms with E-state index in [4.69, 9.17) is 4.42 Å². The van der Waals surface area contributed by atoms with E-state index in [-0.39, 0.29) is 0 Å². The highest BCUT2D eigenvalue weighted by Crippen LogP contribution is 2.45. The van der Waals surface area contributed by atoms with Gasteiger partial charge in [0.2, 0.25) is 0 Å². The number of hydrogen-bond donors (Lipinski definition) is 0. The fourth-order valence-electron chi connectivity index (χ4n) is 7.54. The number of nitrogens with zero attached hydrogens (tertiary/aromatic N) is 1. The monoisotopic (exact) mass is 611 g/mol. The highest BCUT2D eigenvalue weighted by atomic mass is 16.3. The first-order valence-corrected chi connectivity index (χ1v) is 16.4.